The molecular formula is C32H27BrO3Si. The summed E-state index contributed by atoms with van der Waals surface area (Å²) in [5.41, 5.74) is 3.24. The Balaban J connectivity index is 1.76. The summed E-state index contributed by atoms with van der Waals surface area (Å²) in [5.74, 6) is 1.88. The number of rotatable bonds is 5. The number of carbonyl (C=O) groups is 1. The molecule has 0 radical (unpaired) electrons. The van der Waals surface area contributed by atoms with Crippen molar-refractivity contribution >= 4 is 45.5 Å². The zero-order chi connectivity index (χ0) is 25.9. The zero-order valence-electron chi connectivity index (χ0n) is 20.8. The molecule has 4 aromatic carbocycles. The van der Waals surface area contributed by atoms with Crippen molar-refractivity contribution in [2.75, 3.05) is 0 Å². The highest BCUT2D eigenvalue weighted by molar-refractivity contribution is 9.10. The summed E-state index contributed by atoms with van der Waals surface area (Å²) in [4.78, 5) is 13.5. The fourth-order valence-corrected chi connectivity index (χ4v) is 9.05. The van der Waals surface area contributed by atoms with Crippen molar-refractivity contribution in [1.82, 2.24) is 0 Å². The minimum atomic E-state index is -2.90. The molecule has 1 aliphatic rings. The molecule has 37 heavy (non-hydrogen) atoms. The van der Waals surface area contributed by atoms with E-state index in [1.807, 2.05) is 78.9 Å². The minimum Gasteiger partial charge on any atom is -0.431 e. The monoisotopic (exact) mass is 566 g/mol. The van der Waals surface area contributed by atoms with E-state index in [-0.39, 0.29) is 0 Å². The van der Waals surface area contributed by atoms with Crippen LogP contribution < -0.4 is 15.6 Å². The van der Waals surface area contributed by atoms with Gasteiger partial charge in [-0.1, -0.05) is 125 Å². The van der Waals surface area contributed by atoms with E-state index in [1.54, 1.807) is 13.8 Å². The van der Waals surface area contributed by atoms with Gasteiger partial charge in [0.2, 0.25) is 19.5 Å². The Labute approximate surface area is 227 Å². The highest BCUT2D eigenvalue weighted by Crippen LogP contribution is 2.35. The molecule has 1 heterocycles. The normalized spacial score (nSPS) is 18.5. The molecule has 184 valence electrons. The van der Waals surface area contributed by atoms with Gasteiger partial charge < -0.3 is 9.47 Å². The number of cyclic esters (lactones) is 1. The van der Waals surface area contributed by atoms with Crippen LogP contribution in [0, 0.1) is 11.5 Å². The van der Waals surface area contributed by atoms with Crippen LogP contribution in [-0.2, 0) is 20.7 Å². The van der Waals surface area contributed by atoms with E-state index in [9.17, 15) is 4.79 Å². The van der Waals surface area contributed by atoms with Crippen LogP contribution in [0.2, 0.25) is 0 Å². The number of benzene rings is 4. The quantitative estimate of drug-likeness (QED) is 0.151. The van der Waals surface area contributed by atoms with Gasteiger partial charge in [0.1, 0.15) is 0 Å². The molecule has 0 saturated carbocycles. The first-order chi connectivity index (χ1) is 17.8. The van der Waals surface area contributed by atoms with Gasteiger partial charge in [0, 0.05) is 24.7 Å². The van der Waals surface area contributed by atoms with E-state index in [2.05, 4.69) is 63.8 Å². The number of esters is 1. The molecule has 0 aromatic heterocycles. The minimum absolute atomic E-state index is 0.290. The summed E-state index contributed by atoms with van der Waals surface area (Å²) < 4.78 is 13.0. The van der Waals surface area contributed by atoms with Crippen LogP contribution in [0.3, 0.4) is 0 Å². The molecule has 0 unspecified atom stereocenters. The molecule has 5 heteroatoms. The summed E-state index contributed by atoms with van der Waals surface area (Å²) in [6.45, 7) is 3.51. The first-order valence-corrected chi connectivity index (χ1v) is 15.0. The van der Waals surface area contributed by atoms with Crippen LogP contribution in [0.25, 0.3) is 0 Å². The van der Waals surface area contributed by atoms with E-state index >= 15 is 0 Å². The average molecular weight is 568 g/mol. The maximum absolute atomic E-state index is 13.5. The second-order valence-corrected chi connectivity index (χ2v) is 14.0. The third-order valence-electron chi connectivity index (χ3n) is 6.53. The van der Waals surface area contributed by atoms with Crippen molar-refractivity contribution in [3.05, 3.63) is 125 Å². The largest absolute Gasteiger partial charge is 0.431 e. The standard InChI is InChI=1S/C32H27BrO3Si/c1-31(2)35-30(34)32(36-31,24-25-18-20-26(33)21-19-25)22-23-37(27-12-6-3-7-13-27,28-14-8-4-9-15-28)29-16-10-5-11-17-29/h3-21H,24H2,1-2H3/t32-/m0/s1. The van der Waals surface area contributed by atoms with Gasteiger partial charge in [-0.3, -0.25) is 0 Å². The van der Waals surface area contributed by atoms with Crippen molar-refractivity contribution in [3.63, 3.8) is 0 Å². The van der Waals surface area contributed by atoms with Gasteiger partial charge in [-0.25, -0.2) is 4.79 Å². The predicted molar refractivity (Wildman–Crippen MR) is 154 cm³/mol. The molecule has 0 bridgehead atoms. The molecule has 0 amide bonds. The maximum Gasteiger partial charge on any atom is 0.354 e. The van der Waals surface area contributed by atoms with Crippen molar-refractivity contribution in [3.8, 4) is 11.5 Å². The van der Waals surface area contributed by atoms with Gasteiger partial charge >= 0.3 is 5.97 Å². The summed E-state index contributed by atoms with van der Waals surface area (Å²) in [6.07, 6.45) is 0.290. The molecule has 0 aliphatic carbocycles. The first-order valence-electron chi connectivity index (χ1n) is 12.2. The Morgan fingerprint density at radius 3 is 1.59 bits per heavy atom. The highest BCUT2D eigenvalue weighted by atomic mass is 79.9. The fourth-order valence-electron chi connectivity index (χ4n) is 4.88. The lowest BCUT2D eigenvalue weighted by Crippen LogP contribution is -2.66. The van der Waals surface area contributed by atoms with Crippen molar-refractivity contribution in [1.29, 1.82) is 0 Å². The van der Waals surface area contributed by atoms with Gasteiger partial charge in [-0.2, -0.15) is 0 Å². The van der Waals surface area contributed by atoms with Gasteiger partial charge in [-0.15, -0.1) is 5.54 Å². The SMILES string of the molecule is CC1(C)OC(=O)[C@](C#C[Si](c2ccccc2)(c2ccccc2)c2ccccc2)(Cc2ccc(Br)cc2)O1. The zero-order valence-corrected chi connectivity index (χ0v) is 23.4. The molecule has 1 atom stereocenters. The topological polar surface area (TPSA) is 35.5 Å². The molecule has 1 fully saturated rings. The van der Waals surface area contributed by atoms with Crippen molar-refractivity contribution in [2.45, 2.75) is 31.7 Å². The summed E-state index contributed by atoms with van der Waals surface area (Å²) in [5, 5.41) is 3.43. The summed E-state index contributed by atoms with van der Waals surface area (Å²) >= 11 is 3.49. The lowest BCUT2D eigenvalue weighted by molar-refractivity contribution is -0.162. The summed E-state index contributed by atoms with van der Waals surface area (Å²) in [7, 11) is -2.90. The van der Waals surface area contributed by atoms with Crippen LogP contribution in [0.5, 0.6) is 0 Å². The van der Waals surface area contributed by atoms with Crippen molar-refractivity contribution in [2.24, 2.45) is 0 Å². The van der Waals surface area contributed by atoms with E-state index in [4.69, 9.17) is 9.47 Å². The van der Waals surface area contributed by atoms with E-state index in [0.29, 0.717) is 6.42 Å². The first kappa shape index (κ1) is 25.2. The predicted octanol–water partition coefficient (Wildman–Crippen LogP) is 4.75. The van der Waals surface area contributed by atoms with E-state index in [1.165, 1.54) is 0 Å². The molecule has 4 aromatic rings. The van der Waals surface area contributed by atoms with E-state index < -0.39 is 25.4 Å². The third-order valence-corrected chi connectivity index (χ3v) is 11.2. The van der Waals surface area contributed by atoms with Gasteiger partial charge in [-0.05, 0) is 33.3 Å². The Kier molecular flexibility index (Phi) is 6.91. The van der Waals surface area contributed by atoms with Crippen LogP contribution >= 0.6 is 15.9 Å². The number of carbonyl (C=O) groups excluding carboxylic acids is 1. The summed E-state index contributed by atoms with van der Waals surface area (Å²) in [6, 6.07) is 39.0. The maximum atomic E-state index is 13.5. The Hall–Kier alpha value is -3.43. The lowest BCUT2D eigenvalue weighted by Gasteiger charge is -2.29. The van der Waals surface area contributed by atoms with Gasteiger partial charge in [0.25, 0.3) is 0 Å². The molecule has 5 rings (SSSR count). The second-order valence-electron chi connectivity index (χ2n) is 9.62. The second kappa shape index (κ2) is 10.1. The number of ether oxygens (including phenoxy) is 2. The van der Waals surface area contributed by atoms with Crippen LogP contribution in [0.4, 0.5) is 0 Å². The van der Waals surface area contributed by atoms with Crippen molar-refractivity contribution < 1.29 is 14.3 Å². The molecule has 1 saturated heterocycles. The van der Waals surface area contributed by atoms with Crippen LogP contribution in [0.15, 0.2) is 120 Å². The smallest absolute Gasteiger partial charge is 0.354 e. The Morgan fingerprint density at radius 2 is 1.19 bits per heavy atom. The van der Waals surface area contributed by atoms with Gasteiger partial charge in [0.15, 0.2) is 0 Å². The average Bonchev–Trinajstić information content (AvgIpc) is 3.15. The Bertz CT molecular complexity index is 1350. The van der Waals surface area contributed by atoms with E-state index in [0.717, 1.165) is 25.6 Å². The highest BCUT2D eigenvalue weighted by Gasteiger charge is 2.54. The molecule has 1 aliphatic heterocycles. The van der Waals surface area contributed by atoms with Crippen LogP contribution in [-0.4, -0.2) is 25.4 Å². The number of halogens is 1. The van der Waals surface area contributed by atoms with Gasteiger partial charge in [0.05, 0.1) is 0 Å². The molecule has 0 spiro atoms. The molecular weight excluding hydrogens is 540 g/mol. The Morgan fingerprint density at radius 1 is 0.730 bits per heavy atom. The lowest BCUT2D eigenvalue weighted by atomic mass is 9.95. The third kappa shape index (κ3) is 5.06. The number of hydrogen-bond acceptors (Lipinski definition) is 3. The fraction of sp³-hybridized carbons (Fsp3) is 0.156. The van der Waals surface area contributed by atoms with Crippen LogP contribution in [0.1, 0.15) is 19.4 Å². The molecule has 0 N–H and O–H groups in total. The number of hydrogen-bond donors (Lipinski definition) is 0. The molecule has 3 nitrogen and oxygen atoms in total.